The molecule has 2 aromatic rings. The van der Waals surface area contributed by atoms with Crippen LogP contribution in [0.4, 0.5) is 10.1 Å². The molecule has 1 aromatic carbocycles. The fourth-order valence-electron chi connectivity index (χ4n) is 4.71. The number of ether oxygens (including phenoxy) is 2. The van der Waals surface area contributed by atoms with E-state index >= 15 is 4.39 Å². The van der Waals surface area contributed by atoms with Crippen molar-refractivity contribution in [3.05, 3.63) is 39.4 Å². The molecule has 0 amide bonds. The molecular weight excluding hydrogens is 389 g/mol. The van der Waals surface area contributed by atoms with Crippen molar-refractivity contribution >= 4 is 22.6 Å². The molecule has 0 bridgehead atoms. The number of fused-ring (bicyclic) bond motifs is 5. The van der Waals surface area contributed by atoms with E-state index in [0.717, 1.165) is 32.4 Å². The summed E-state index contributed by atoms with van der Waals surface area (Å²) in [5.74, 6) is -1.10. The molecule has 1 aromatic heterocycles. The molecule has 1 saturated carbocycles. The van der Waals surface area contributed by atoms with E-state index in [2.05, 4.69) is 10.2 Å². The van der Waals surface area contributed by atoms with Crippen molar-refractivity contribution in [2.45, 2.75) is 44.9 Å². The van der Waals surface area contributed by atoms with Gasteiger partial charge in [-0.1, -0.05) is 0 Å². The Kier molecular flexibility index (Phi) is 4.99. The number of piperazine rings is 1. The molecule has 1 atom stereocenters. The smallest absolute Gasteiger partial charge is 0.343 e. The highest BCUT2D eigenvalue weighted by molar-refractivity contribution is 5.96. The van der Waals surface area contributed by atoms with Gasteiger partial charge in [0.25, 0.3) is 0 Å². The normalized spacial score (nSPS) is 21.5. The van der Waals surface area contributed by atoms with Crippen LogP contribution in [-0.4, -0.2) is 49.4 Å². The monoisotopic (exact) mass is 415 g/mol. The van der Waals surface area contributed by atoms with Gasteiger partial charge in [0.2, 0.25) is 5.43 Å². The zero-order chi connectivity index (χ0) is 20.8. The van der Waals surface area contributed by atoms with Gasteiger partial charge in [0.05, 0.1) is 24.4 Å². The van der Waals surface area contributed by atoms with Gasteiger partial charge in [-0.25, -0.2) is 9.18 Å². The van der Waals surface area contributed by atoms with E-state index in [4.69, 9.17) is 9.47 Å². The number of nitrogens with one attached hydrogen (secondary N) is 1. The second-order valence-electron chi connectivity index (χ2n) is 8.21. The van der Waals surface area contributed by atoms with Crippen LogP contribution in [0.5, 0.6) is 0 Å². The molecule has 5 rings (SSSR count). The lowest BCUT2D eigenvalue weighted by molar-refractivity contribution is 0.0524. The summed E-state index contributed by atoms with van der Waals surface area (Å²) < 4.78 is 28.5. The first-order chi connectivity index (χ1) is 14.6. The first-order valence-corrected chi connectivity index (χ1v) is 10.7. The van der Waals surface area contributed by atoms with Crippen LogP contribution >= 0.6 is 0 Å². The van der Waals surface area contributed by atoms with Crippen molar-refractivity contribution in [1.82, 2.24) is 9.88 Å². The lowest BCUT2D eigenvalue weighted by atomic mass is 9.99. The zero-order valence-corrected chi connectivity index (χ0v) is 17.1. The van der Waals surface area contributed by atoms with Crippen molar-refractivity contribution < 1.29 is 18.7 Å². The molecule has 2 fully saturated rings. The van der Waals surface area contributed by atoms with E-state index < -0.39 is 17.2 Å². The molecule has 7 nitrogen and oxygen atoms in total. The predicted molar refractivity (Wildman–Crippen MR) is 111 cm³/mol. The number of hydrogen-bond acceptors (Lipinski definition) is 6. The average molecular weight is 415 g/mol. The fourth-order valence-corrected chi connectivity index (χ4v) is 4.71. The number of anilines is 1. The number of hydrogen-bond donors (Lipinski definition) is 1. The zero-order valence-electron chi connectivity index (χ0n) is 17.1. The largest absolute Gasteiger partial charge is 0.462 e. The quantitative estimate of drug-likeness (QED) is 0.776. The number of rotatable bonds is 3. The lowest BCUT2D eigenvalue weighted by Crippen LogP contribution is -2.53. The molecule has 1 aliphatic carbocycles. The second kappa shape index (κ2) is 7.67. The summed E-state index contributed by atoms with van der Waals surface area (Å²) in [5, 5.41) is 3.60. The Hall–Kier alpha value is -2.45. The molecule has 3 aliphatic rings. The van der Waals surface area contributed by atoms with E-state index in [1.165, 1.54) is 6.07 Å². The van der Waals surface area contributed by atoms with Crippen LogP contribution in [0.15, 0.2) is 17.1 Å². The van der Waals surface area contributed by atoms with E-state index in [0.29, 0.717) is 29.9 Å². The predicted octanol–water partition coefficient (Wildman–Crippen LogP) is 2.35. The Morgan fingerprint density at radius 2 is 2.17 bits per heavy atom. The van der Waals surface area contributed by atoms with Crippen molar-refractivity contribution in [3.8, 4) is 0 Å². The Labute approximate surface area is 173 Å². The summed E-state index contributed by atoms with van der Waals surface area (Å²) in [6, 6.07) is 1.64. The van der Waals surface area contributed by atoms with Crippen molar-refractivity contribution in [1.29, 1.82) is 0 Å². The summed E-state index contributed by atoms with van der Waals surface area (Å²) in [4.78, 5) is 27.7. The number of benzene rings is 1. The van der Waals surface area contributed by atoms with Gasteiger partial charge in [0.15, 0.2) is 0 Å². The number of pyridine rings is 1. The Morgan fingerprint density at radius 1 is 1.33 bits per heavy atom. The first-order valence-electron chi connectivity index (χ1n) is 10.7. The molecule has 1 saturated heterocycles. The Balaban J connectivity index is 1.79. The van der Waals surface area contributed by atoms with Gasteiger partial charge in [-0.05, 0) is 32.3 Å². The fraction of sp³-hybridized carbons (Fsp3) is 0.545. The number of carbonyl (C=O) groups is 1. The number of halogens is 1. The molecule has 1 unspecified atom stereocenters. The number of nitrogens with zero attached hydrogens (tertiary/aromatic N) is 2. The molecule has 3 heterocycles. The van der Waals surface area contributed by atoms with E-state index in [1.54, 1.807) is 13.1 Å². The van der Waals surface area contributed by atoms with Gasteiger partial charge in [0.1, 0.15) is 11.4 Å². The lowest BCUT2D eigenvalue weighted by Gasteiger charge is -2.40. The number of esters is 1. The standard InChI is InChI=1S/C22H26FN3O4/c1-2-30-22(28)16-11-26(13-3-4-13)19-15(21(16)27)9-18(23)20-17(19)12-29-8-5-14-10-24-6-7-25(14)20/h9,11,13-14,24H,2-8,10,12H2,1H3. The van der Waals surface area contributed by atoms with Gasteiger partial charge in [0, 0.05) is 55.5 Å². The van der Waals surface area contributed by atoms with Gasteiger partial charge in [-0.3, -0.25) is 4.79 Å². The van der Waals surface area contributed by atoms with Gasteiger partial charge >= 0.3 is 5.97 Å². The SMILES string of the molecule is CCOC(=O)c1cn(C2CC2)c2c3c(c(F)cc2c1=O)N1CCNCC1CCOC3. The number of aromatic nitrogens is 1. The number of carbonyl (C=O) groups excluding carboxylic acids is 1. The third-order valence-electron chi connectivity index (χ3n) is 6.25. The third-order valence-corrected chi connectivity index (χ3v) is 6.25. The maximum atomic E-state index is 15.5. The average Bonchev–Trinajstić information content (AvgIpc) is 3.55. The van der Waals surface area contributed by atoms with Crippen molar-refractivity contribution in [3.63, 3.8) is 0 Å². The molecule has 8 heteroatoms. The van der Waals surface area contributed by atoms with Crippen LogP contribution in [0.3, 0.4) is 0 Å². The minimum atomic E-state index is -0.663. The topological polar surface area (TPSA) is 72.8 Å². The van der Waals surface area contributed by atoms with Gasteiger partial charge in [-0.15, -0.1) is 0 Å². The van der Waals surface area contributed by atoms with Crippen LogP contribution in [0.2, 0.25) is 0 Å². The summed E-state index contributed by atoms with van der Waals surface area (Å²) >= 11 is 0. The highest BCUT2D eigenvalue weighted by atomic mass is 19.1. The van der Waals surface area contributed by atoms with E-state index in [-0.39, 0.29) is 36.2 Å². The molecule has 0 radical (unpaired) electrons. The third kappa shape index (κ3) is 3.18. The van der Waals surface area contributed by atoms with Crippen LogP contribution in [0.1, 0.15) is 48.1 Å². The van der Waals surface area contributed by atoms with Crippen LogP contribution < -0.4 is 15.6 Å². The van der Waals surface area contributed by atoms with Crippen molar-refractivity contribution in [2.75, 3.05) is 37.7 Å². The van der Waals surface area contributed by atoms with Gasteiger partial charge < -0.3 is 24.3 Å². The highest BCUT2D eigenvalue weighted by Crippen LogP contribution is 2.41. The second-order valence-corrected chi connectivity index (χ2v) is 8.21. The van der Waals surface area contributed by atoms with Crippen LogP contribution in [0, 0.1) is 5.82 Å². The molecule has 1 N–H and O–H groups in total. The Bertz CT molecular complexity index is 1060. The van der Waals surface area contributed by atoms with Crippen LogP contribution in [0.25, 0.3) is 10.9 Å². The Morgan fingerprint density at radius 3 is 2.93 bits per heavy atom. The molecule has 0 spiro atoms. The maximum Gasteiger partial charge on any atom is 0.343 e. The highest BCUT2D eigenvalue weighted by Gasteiger charge is 2.34. The van der Waals surface area contributed by atoms with Crippen LogP contribution in [-0.2, 0) is 16.1 Å². The van der Waals surface area contributed by atoms with E-state index in [9.17, 15) is 9.59 Å². The first kappa shape index (κ1) is 19.5. The summed E-state index contributed by atoms with van der Waals surface area (Å²) in [6.07, 6.45) is 4.35. The maximum absolute atomic E-state index is 15.5. The van der Waals surface area contributed by atoms with Gasteiger partial charge in [-0.2, -0.15) is 0 Å². The van der Waals surface area contributed by atoms with E-state index in [1.807, 2.05) is 4.57 Å². The summed E-state index contributed by atoms with van der Waals surface area (Å²) in [6.45, 7) is 4.95. The summed E-state index contributed by atoms with van der Waals surface area (Å²) in [7, 11) is 0. The summed E-state index contributed by atoms with van der Waals surface area (Å²) in [5.41, 5.74) is 1.40. The molecule has 2 aliphatic heterocycles. The molecule has 160 valence electrons. The molecular formula is C22H26FN3O4. The minimum absolute atomic E-state index is 0.0394. The minimum Gasteiger partial charge on any atom is -0.462 e. The van der Waals surface area contributed by atoms with Crippen molar-refractivity contribution in [2.24, 2.45) is 0 Å². The molecule has 30 heavy (non-hydrogen) atoms.